The Morgan fingerprint density at radius 1 is 1.11 bits per heavy atom. The molecule has 2 fully saturated rings. The molecule has 19 heavy (non-hydrogen) atoms. The van der Waals surface area contributed by atoms with E-state index in [9.17, 15) is 9.50 Å². The van der Waals surface area contributed by atoms with Gasteiger partial charge in [-0.15, -0.1) is 0 Å². The molecular weight excluding hydrogens is 241 g/mol. The van der Waals surface area contributed by atoms with Crippen LogP contribution in [0.2, 0.25) is 0 Å². The number of hydrogen-bond donors (Lipinski definition) is 1. The minimum absolute atomic E-state index is 0.0339. The summed E-state index contributed by atoms with van der Waals surface area (Å²) in [6.07, 6.45) is 7.99. The summed E-state index contributed by atoms with van der Waals surface area (Å²) < 4.78 is 13.3. The number of hydrogen-bond acceptors (Lipinski definition) is 2. The molecule has 2 nitrogen and oxygen atoms in total. The van der Waals surface area contributed by atoms with Crippen molar-refractivity contribution >= 4 is 0 Å². The van der Waals surface area contributed by atoms with Gasteiger partial charge >= 0.3 is 0 Å². The number of rotatable bonds is 3. The maximum absolute atomic E-state index is 13.3. The van der Waals surface area contributed by atoms with Gasteiger partial charge < -0.3 is 5.11 Å². The van der Waals surface area contributed by atoms with Crippen molar-refractivity contribution in [1.82, 2.24) is 4.90 Å². The second-order valence-electron chi connectivity index (χ2n) is 6.04. The average Bonchev–Trinajstić information content (AvgIpc) is 2.96. The van der Waals surface area contributed by atoms with E-state index in [-0.39, 0.29) is 11.6 Å². The van der Waals surface area contributed by atoms with Crippen molar-refractivity contribution in [3.63, 3.8) is 0 Å². The van der Waals surface area contributed by atoms with Crippen molar-refractivity contribution in [3.05, 3.63) is 29.6 Å². The van der Waals surface area contributed by atoms with Crippen LogP contribution in [0.25, 0.3) is 0 Å². The highest BCUT2D eigenvalue weighted by molar-refractivity contribution is 5.28. The zero-order chi connectivity index (χ0) is 13.2. The fraction of sp³-hybridized carbons (Fsp3) is 0.625. The van der Waals surface area contributed by atoms with Gasteiger partial charge in [0.25, 0.3) is 0 Å². The quantitative estimate of drug-likeness (QED) is 0.899. The third-order valence-corrected chi connectivity index (χ3v) is 4.69. The lowest BCUT2D eigenvalue weighted by Crippen LogP contribution is -2.34. The van der Waals surface area contributed by atoms with E-state index in [0.29, 0.717) is 6.04 Å². The maximum Gasteiger partial charge on any atom is 0.127 e. The second kappa shape index (κ2) is 5.49. The van der Waals surface area contributed by atoms with Crippen LogP contribution in [-0.2, 0) is 6.54 Å². The van der Waals surface area contributed by atoms with Crippen LogP contribution in [0.5, 0.6) is 5.75 Å². The summed E-state index contributed by atoms with van der Waals surface area (Å²) in [5, 5.41) is 9.49. The lowest BCUT2D eigenvalue weighted by Gasteiger charge is -2.29. The first-order valence-corrected chi connectivity index (χ1v) is 7.45. The molecule has 0 radical (unpaired) electrons. The third kappa shape index (κ3) is 2.92. The molecule has 1 aromatic rings. The summed E-state index contributed by atoms with van der Waals surface area (Å²) in [5.41, 5.74) is 0.891. The number of phenols is 1. The maximum atomic E-state index is 13.3. The molecule has 0 aromatic heterocycles. The van der Waals surface area contributed by atoms with Crippen LogP contribution < -0.4 is 0 Å². The molecule has 0 amide bonds. The highest BCUT2D eigenvalue weighted by Gasteiger charge is 2.33. The van der Waals surface area contributed by atoms with Crippen LogP contribution in [0, 0.1) is 11.7 Å². The van der Waals surface area contributed by atoms with E-state index >= 15 is 0 Å². The van der Waals surface area contributed by atoms with Gasteiger partial charge in [-0.1, -0.05) is 12.8 Å². The lowest BCUT2D eigenvalue weighted by molar-refractivity contribution is 0.183. The number of likely N-dealkylation sites (tertiary alicyclic amines) is 1. The Bertz CT molecular complexity index is 422. The zero-order valence-electron chi connectivity index (χ0n) is 11.3. The summed E-state index contributed by atoms with van der Waals surface area (Å²) in [5.74, 6) is 0.530. The van der Waals surface area contributed by atoms with Crippen LogP contribution in [0.1, 0.15) is 44.1 Å². The molecule has 1 unspecified atom stereocenters. The predicted molar refractivity (Wildman–Crippen MR) is 73.5 cm³/mol. The van der Waals surface area contributed by atoms with E-state index in [2.05, 4.69) is 4.90 Å². The Balaban J connectivity index is 1.70. The molecule has 3 heteroatoms. The van der Waals surface area contributed by atoms with Crippen LogP contribution in [0.3, 0.4) is 0 Å². The molecule has 2 aliphatic rings. The lowest BCUT2D eigenvalue weighted by atomic mass is 9.96. The molecule has 3 rings (SSSR count). The highest BCUT2D eigenvalue weighted by atomic mass is 19.1. The summed E-state index contributed by atoms with van der Waals surface area (Å²) in [6, 6.07) is 5.08. The van der Waals surface area contributed by atoms with E-state index in [1.165, 1.54) is 44.6 Å². The summed E-state index contributed by atoms with van der Waals surface area (Å²) in [6.45, 7) is 1.88. The molecule has 0 spiro atoms. The van der Waals surface area contributed by atoms with Gasteiger partial charge in [0, 0.05) is 18.7 Å². The largest absolute Gasteiger partial charge is 0.508 e. The highest BCUT2D eigenvalue weighted by Crippen LogP contribution is 2.36. The Morgan fingerprint density at radius 3 is 2.63 bits per heavy atom. The molecule has 1 aliphatic heterocycles. The van der Waals surface area contributed by atoms with E-state index < -0.39 is 0 Å². The molecule has 1 heterocycles. The molecule has 0 bridgehead atoms. The SMILES string of the molecule is Oc1cc(F)cc(CN2CCCC2C2CCCC2)c1. The molecule has 1 saturated carbocycles. The number of halogens is 1. The molecule has 1 atom stereocenters. The molecule has 1 aromatic carbocycles. The minimum atomic E-state index is -0.341. The first kappa shape index (κ1) is 12.9. The summed E-state index contributed by atoms with van der Waals surface area (Å²) in [7, 11) is 0. The smallest absolute Gasteiger partial charge is 0.127 e. The van der Waals surface area contributed by atoms with Gasteiger partial charge in [-0.2, -0.15) is 0 Å². The number of aromatic hydroxyl groups is 1. The van der Waals surface area contributed by atoms with Gasteiger partial charge in [-0.25, -0.2) is 4.39 Å². The zero-order valence-corrected chi connectivity index (χ0v) is 11.3. The van der Waals surface area contributed by atoms with Gasteiger partial charge in [0.05, 0.1) is 0 Å². The molecule has 1 saturated heterocycles. The fourth-order valence-corrected chi connectivity index (χ4v) is 3.88. The summed E-state index contributed by atoms with van der Waals surface area (Å²) in [4.78, 5) is 2.49. The van der Waals surface area contributed by atoms with E-state index in [1.807, 2.05) is 0 Å². The van der Waals surface area contributed by atoms with Crippen molar-refractivity contribution in [1.29, 1.82) is 0 Å². The first-order chi connectivity index (χ1) is 9.22. The normalized spacial score (nSPS) is 25.2. The Hall–Kier alpha value is -1.09. The summed E-state index contributed by atoms with van der Waals surface area (Å²) >= 11 is 0. The van der Waals surface area contributed by atoms with Gasteiger partial charge in [0.15, 0.2) is 0 Å². The number of nitrogens with zero attached hydrogens (tertiary/aromatic N) is 1. The fourth-order valence-electron chi connectivity index (χ4n) is 3.88. The number of benzene rings is 1. The second-order valence-corrected chi connectivity index (χ2v) is 6.04. The molecular formula is C16H22FNO. The van der Waals surface area contributed by atoms with E-state index in [1.54, 1.807) is 12.1 Å². The predicted octanol–water partition coefficient (Wildman–Crippen LogP) is 3.69. The van der Waals surface area contributed by atoms with Crippen molar-refractivity contribution in [2.75, 3.05) is 6.54 Å². The van der Waals surface area contributed by atoms with Crippen LogP contribution in [0.4, 0.5) is 4.39 Å². The van der Waals surface area contributed by atoms with Crippen LogP contribution in [0.15, 0.2) is 18.2 Å². The van der Waals surface area contributed by atoms with Gasteiger partial charge in [-0.3, -0.25) is 4.90 Å². The van der Waals surface area contributed by atoms with Gasteiger partial charge in [0.1, 0.15) is 11.6 Å². The topological polar surface area (TPSA) is 23.5 Å². The molecule has 104 valence electrons. The Kier molecular flexibility index (Phi) is 3.74. The van der Waals surface area contributed by atoms with Crippen molar-refractivity contribution in [3.8, 4) is 5.75 Å². The average molecular weight is 263 g/mol. The third-order valence-electron chi connectivity index (χ3n) is 4.69. The van der Waals surface area contributed by atoms with Gasteiger partial charge in [-0.05, 0) is 55.8 Å². The van der Waals surface area contributed by atoms with Crippen LogP contribution >= 0.6 is 0 Å². The Labute approximate surface area is 114 Å². The number of phenolic OH excluding ortho intramolecular Hbond substituents is 1. The van der Waals surface area contributed by atoms with Gasteiger partial charge in [0.2, 0.25) is 0 Å². The van der Waals surface area contributed by atoms with Crippen molar-refractivity contribution < 1.29 is 9.50 Å². The standard InChI is InChI=1S/C16H22FNO/c17-14-8-12(9-15(19)10-14)11-18-7-3-6-16(18)13-4-1-2-5-13/h8-10,13,16,19H,1-7,11H2. The monoisotopic (exact) mass is 263 g/mol. The Morgan fingerprint density at radius 2 is 1.89 bits per heavy atom. The van der Waals surface area contributed by atoms with Crippen LogP contribution in [-0.4, -0.2) is 22.6 Å². The van der Waals surface area contributed by atoms with Crippen molar-refractivity contribution in [2.45, 2.75) is 51.1 Å². The first-order valence-electron chi connectivity index (χ1n) is 7.45. The minimum Gasteiger partial charge on any atom is -0.508 e. The van der Waals surface area contributed by atoms with E-state index in [4.69, 9.17) is 0 Å². The van der Waals surface area contributed by atoms with Crippen molar-refractivity contribution in [2.24, 2.45) is 5.92 Å². The van der Waals surface area contributed by atoms with E-state index in [0.717, 1.165) is 24.6 Å². The molecule has 1 aliphatic carbocycles. The molecule has 1 N–H and O–H groups in total.